The molecule has 0 bridgehead atoms. The van der Waals surface area contributed by atoms with Gasteiger partial charge in [0.25, 0.3) is 0 Å². The Labute approximate surface area is 133 Å². The molecule has 1 N–H and O–H groups in total. The minimum atomic E-state index is -3.53. The fourth-order valence-electron chi connectivity index (χ4n) is 2.01. The van der Waals surface area contributed by atoms with Crippen LogP contribution in [0.5, 0.6) is 0 Å². The SMILES string of the molecule is CCCN(CC)S(=O)(=O)c1cc(CNC(C)C)ccc1Cl. The van der Waals surface area contributed by atoms with Crippen LogP contribution >= 0.6 is 11.6 Å². The van der Waals surface area contributed by atoms with Crippen molar-refractivity contribution >= 4 is 21.6 Å². The van der Waals surface area contributed by atoms with Gasteiger partial charge in [-0.15, -0.1) is 0 Å². The standard InChI is InChI=1S/C15H25ClN2O2S/c1-5-9-18(6-2)21(19,20)15-10-13(7-8-14(15)16)11-17-12(3)4/h7-8,10,12,17H,5-6,9,11H2,1-4H3. The van der Waals surface area contributed by atoms with Gasteiger partial charge in [0.1, 0.15) is 4.90 Å². The van der Waals surface area contributed by atoms with Crippen LogP contribution < -0.4 is 5.32 Å². The Morgan fingerprint density at radius 1 is 1.29 bits per heavy atom. The van der Waals surface area contributed by atoms with E-state index in [0.717, 1.165) is 12.0 Å². The Bertz CT molecular complexity index is 559. The predicted octanol–water partition coefficient (Wildman–Crippen LogP) is 3.26. The molecule has 0 unspecified atom stereocenters. The van der Waals surface area contributed by atoms with Crippen molar-refractivity contribution in [1.82, 2.24) is 9.62 Å². The van der Waals surface area contributed by atoms with E-state index >= 15 is 0 Å². The summed E-state index contributed by atoms with van der Waals surface area (Å²) in [6, 6.07) is 5.53. The lowest BCUT2D eigenvalue weighted by molar-refractivity contribution is 0.427. The first kappa shape index (κ1) is 18.4. The van der Waals surface area contributed by atoms with Crippen molar-refractivity contribution in [3.63, 3.8) is 0 Å². The number of benzene rings is 1. The van der Waals surface area contributed by atoms with E-state index in [1.807, 2.05) is 33.8 Å². The van der Waals surface area contributed by atoms with E-state index in [1.165, 1.54) is 4.31 Å². The van der Waals surface area contributed by atoms with Crippen LogP contribution in [0, 0.1) is 0 Å². The van der Waals surface area contributed by atoms with Crippen LogP contribution in [0.15, 0.2) is 23.1 Å². The van der Waals surface area contributed by atoms with Gasteiger partial charge in [-0.25, -0.2) is 8.42 Å². The van der Waals surface area contributed by atoms with Gasteiger partial charge in [0.15, 0.2) is 0 Å². The van der Waals surface area contributed by atoms with Crippen LogP contribution in [0.1, 0.15) is 39.7 Å². The molecule has 120 valence electrons. The smallest absolute Gasteiger partial charge is 0.244 e. The molecule has 21 heavy (non-hydrogen) atoms. The van der Waals surface area contributed by atoms with Crippen molar-refractivity contribution in [3.05, 3.63) is 28.8 Å². The molecule has 0 aliphatic carbocycles. The first-order valence-electron chi connectivity index (χ1n) is 7.34. The lowest BCUT2D eigenvalue weighted by Crippen LogP contribution is -2.32. The lowest BCUT2D eigenvalue weighted by Gasteiger charge is -2.21. The number of rotatable bonds is 8. The molecule has 0 aromatic heterocycles. The zero-order valence-corrected chi connectivity index (χ0v) is 14.8. The maximum atomic E-state index is 12.7. The van der Waals surface area contributed by atoms with Crippen molar-refractivity contribution in [2.24, 2.45) is 0 Å². The summed E-state index contributed by atoms with van der Waals surface area (Å²) in [4.78, 5) is 0.197. The van der Waals surface area contributed by atoms with Gasteiger partial charge < -0.3 is 5.32 Å². The molecule has 0 aliphatic heterocycles. The minimum absolute atomic E-state index is 0.197. The van der Waals surface area contributed by atoms with Crippen LogP contribution in [-0.2, 0) is 16.6 Å². The van der Waals surface area contributed by atoms with Crippen molar-refractivity contribution in [1.29, 1.82) is 0 Å². The summed E-state index contributed by atoms with van der Waals surface area (Å²) in [6.07, 6.45) is 0.777. The maximum Gasteiger partial charge on any atom is 0.244 e. The van der Waals surface area contributed by atoms with Crippen molar-refractivity contribution < 1.29 is 8.42 Å². The number of sulfonamides is 1. The topological polar surface area (TPSA) is 49.4 Å². The van der Waals surface area contributed by atoms with Crippen molar-refractivity contribution in [2.45, 2.75) is 51.6 Å². The molecule has 0 saturated heterocycles. The second-order valence-corrected chi connectivity index (χ2v) is 7.61. The molecule has 0 radical (unpaired) electrons. The number of hydrogen-bond donors (Lipinski definition) is 1. The van der Waals surface area contributed by atoms with Crippen LogP contribution in [0.3, 0.4) is 0 Å². The highest BCUT2D eigenvalue weighted by molar-refractivity contribution is 7.89. The van der Waals surface area contributed by atoms with Gasteiger partial charge in [-0.2, -0.15) is 4.31 Å². The highest BCUT2D eigenvalue weighted by atomic mass is 35.5. The molecule has 0 spiro atoms. The Kier molecular flexibility index (Phi) is 7.13. The second-order valence-electron chi connectivity index (χ2n) is 5.30. The van der Waals surface area contributed by atoms with Gasteiger partial charge in [-0.05, 0) is 24.1 Å². The normalized spacial score (nSPS) is 12.3. The average Bonchev–Trinajstić information content (AvgIpc) is 2.43. The summed E-state index contributed by atoms with van der Waals surface area (Å²) >= 11 is 6.12. The summed E-state index contributed by atoms with van der Waals surface area (Å²) in [5.41, 5.74) is 0.916. The largest absolute Gasteiger partial charge is 0.310 e. The Balaban J connectivity index is 3.12. The first-order valence-corrected chi connectivity index (χ1v) is 9.16. The molecule has 0 amide bonds. The van der Waals surface area contributed by atoms with Crippen LogP contribution in [0.25, 0.3) is 0 Å². The summed E-state index contributed by atoms with van der Waals surface area (Å²) in [5.74, 6) is 0. The summed E-state index contributed by atoms with van der Waals surface area (Å²) in [5, 5.41) is 3.55. The molecule has 1 aromatic carbocycles. The van der Waals surface area contributed by atoms with E-state index in [1.54, 1.807) is 12.1 Å². The summed E-state index contributed by atoms with van der Waals surface area (Å²) in [7, 11) is -3.53. The van der Waals surface area contributed by atoms with Gasteiger partial charge in [0.05, 0.1) is 5.02 Å². The van der Waals surface area contributed by atoms with Gasteiger partial charge in [0.2, 0.25) is 10.0 Å². The van der Waals surface area contributed by atoms with Gasteiger partial charge in [0, 0.05) is 25.7 Å². The average molecular weight is 333 g/mol. The molecule has 0 atom stereocenters. The lowest BCUT2D eigenvalue weighted by atomic mass is 10.2. The number of halogens is 1. The molecule has 1 rings (SSSR count). The van der Waals surface area contributed by atoms with Gasteiger partial charge in [-0.3, -0.25) is 0 Å². The van der Waals surface area contributed by atoms with Crippen LogP contribution in [-0.4, -0.2) is 31.9 Å². The first-order chi connectivity index (χ1) is 9.82. The molecule has 4 nitrogen and oxygen atoms in total. The third kappa shape index (κ3) is 4.95. The predicted molar refractivity (Wildman–Crippen MR) is 88.2 cm³/mol. The number of hydrogen-bond acceptors (Lipinski definition) is 3. The molecule has 0 fully saturated rings. The zero-order valence-electron chi connectivity index (χ0n) is 13.2. The third-order valence-corrected chi connectivity index (χ3v) is 5.61. The molecule has 0 saturated carbocycles. The number of nitrogens with zero attached hydrogens (tertiary/aromatic N) is 1. The Hall–Kier alpha value is -0.620. The molecule has 6 heteroatoms. The highest BCUT2D eigenvalue weighted by Crippen LogP contribution is 2.26. The molecule has 1 aromatic rings. The fraction of sp³-hybridized carbons (Fsp3) is 0.600. The number of nitrogens with one attached hydrogen (secondary N) is 1. The van der Waals surface area contributed by atoms with E-state index < -0.39 is 10.0 Å². The highest BCUT2D eigenvalue weighted by Gasteiger charge is 2.25. The molecular formula is C15H25ClN2O2S. The van der Waals surface area contributed by atoms with Gasteiger partial charge >= 0.3 is 0 Å². The fourth-order valence-corrected chi connectivity index (χ4v) is 4.08. The van der Waals surface area contributed by atoms with E-state index in [4.69, 9.17) is 11.6 Å². The molecule has 0 heterocycles. The zero-order chi connectivity index (χ0) is 16.0. The van der Waals surface area contributed by atoms with E-state index in [2.05, 4.69) is 5.32 Å². The van der Waals surface area contributed by atoms with E-state index in [9.17, 15) is 8.42 Å². The monoisotopic (exact) mass is 332 g/mol. The summed E-state index contributed by atoms with van der Waals surface area (Å²) < 4.78 is 26.8. The van der Waals surface area contributed by atoms with Crippen molar-refractivity contribution in [2.75, 3.05) is 13.1 Å². The summed E-state index contributed by atoms with van der Waals surface area (Å²) in [6.45, 7) is 9.47. The van der Waals surface area contributed by atoms with Gasteiger partial charge in [-0.1, -0.05) is 45.4 Å². The maximum absolute atomic E-state index is 12.7. The quantitative estimate of drug-likeness (QED) is 0.795. The van der Waals surface area contributed by atoms with Crippen LogP contribution in [0.4, 0.5) is 0 Å². The van der Waals surface area contributed by atoms with E-state index in [0.29, 0.717) is 25.7 Å². The van der Waals surface area contributed by atoms with Crippen molar-refractivity contribution in [3.8, 4) is 0 Å². The molecule has 0 aliphatic rings. The third-order valence-electron chi connectivity index (χ3n) is 3.15. The van der Waals surface area contributed by atoms with Crippen LogP contribution in [0.2, 0.25) is 5.02 Å². The molecular weight excluding hydrogens is 308 g/mol. The second kappa shape index (κ2) is 8.13. The Morgan fingerprint density at radius 2 is 1.95 bits per heavy atom. The van der Waals surface area contributed by atoms with E-state index in [-0.39, 0.29) is 9.92 Å². The minimum Gasteiger partial charge on any atom is -0.310 e. The Morgan fingerprint density at radius 3 is 2.48 bits per heavy atom.